The molecule has 1 N–H and O–H groups in total. The Kier molecular flexibility index (Phi) is 3.95. The van der Waals surface area contributed by atoms with E-state index in [0.717, 1.165) is 0 Å². The van der Waals surface area contributed by atoms with Gasteiger partial charge in [0.05, 0.1) is 12.2 Å². The average molecular weight is 198 g/mol. The summed E-state index contributed by atoms with van der Waals surface area (Å²) in [6, 6.07) is -0.0353. The molecule has 1 aliphatic heterocycles. The van der Waals surface area contributed by atoms with E-state index >= 15 is 0 Å². The van der Waals surface area contributed by atoms with E-state index < -0.39 is 0 Å². The molecule has 14 heavy (non-hydrogen) atoms. The fourth-order valence-electron chi connectivity index (χ4n) is 1.61. The van der Waals surface area contributed by atoms with Crippen molar-refractivity contribution in [2.24, 2.45) is 0 Å². The van der Waals surface area contributed by atoms with E-state index in [-0.39, 0.29) is 18.2 Å². The summed E-state index contributed by atoms with van der Waals surface area (Å²) in [7, 11) is 0. The summed E-state index contributed by atoms with van der Waals surface area (Å²) in [5.41, 5.74) is 0. The van der Waals surface area contributed by atoms with Crippen molar-refractivity contribution in [2.75, 3.05) is 19.6 Å². The van der Waals surface area contributed by atoms with Crippen molar-refractivity contribution in [2.45, 2.75) is 26.1 Å². The first kappa shape index (κ1) is 11.0. The van der Waals surface area contributed by atoms with E-state index in [1.54, 1.807) is 11.0 Å². The molecule has 1 saturated heterocycles. The predicted octanol–water partition coefficient (Wildman–Crippen LogP) is 0.991. The molecule has 0 saturated carbocycles. The zero-order valence-corrected chi connectivity index (χ0v) is 8.82. The van der Waals surface area contributed by atoms with Crippen LogP contribution in [0.25, 0.3) is 0 Å². The Balaban J connectivity index is 2.42. The van der Waals surface area contributed by atoms with Crippen LogP contribution in [0, 0.1) is 0 Å². The monoisotopic (exact) mass is 198 g/mol. The lowest BCUT2D eigenvalue weighted by atomic mass is 10.2. The molecule has 0 aromatic carbocycles. The lowest BCUT2D eigenvalue weighted by Crippen LogP contribution is -2.51. The SMILES string of the molecule is C=CCNC(=O)N1CC(C)OC(C)C1. The van der Waals surface area contributed by atoms with Crippen LogP contribution in [0.2, 0.25) is 0 Å². The molecule has 4 nitrogen and oxygen atoms in total. The van der Waals surface area contributed by atoms with Crippen LogP contribution in [0.3, 0.4) is 0 Å². The van der Waals surface area contributed by atoms with E-state index in [1.807, 2.05) is 13.8 Å². The largest absolute Gasteiger partial charge is 0.372 e. The van der Waals surface area contributed by atoms with Gasteiger partial charge in [-0.05, 0) is 13.8 Å². The first-order chi connectivity index (χ1) is 6.63. The topological polar surface area (TPSA) is 41.6 Å². The summed E-state index contributed by atoms with van der Waals surface area (Å²) in [4.78, 5) is 13.3. The number of ether oxygens (including phenoxy) is 1. The quantitative estimate of drug-likeness (QED) is 0.672. The van der Waals surface area contributed by atoms with Gasteiger partial charge in [0.25, 0.3) is 0 Å². The molecule has 0 aromatic heterocycles. The van der Waals surface area contributed by atoms with Gasteiger partial charge in [-0.1, -0.05) is 6.08 Å². The summed E-state index contributed by atoms with van der Waals surface area (Å²) in [6.45, 7) is 9.33. The average Bonchev–Trinajstić information content (AvgIpc) is 2.12. The van der Waals surface area contributed by atoms with Crippen molar-refractivity contribution in [3.05, 3.63) is 12.7 Å². The van der Waals surface area contributed by atoms with Gasteiger partial charge in [0.2, 0.25) is 0 Å². The van der Waals surface area contributed by atoms with E-state index in [0.29, 0.717) is 19.6 Å². The molecule has 0 aromatic rings. The smallest absolute Gasteiger partial charge is 0.317 e. The number of morpholine rings is 1. The summed E-state index contributed by atoms with van der Waals surface area (Å²) < 4.78 is 5.53. The van der Waals surface area contributed by atoms with Crippen LogP contribution in [0.1, 0.15) is 13.8 Å². The van der Waals surface area contributed by atoms with Crippen molar-refractivity contribution in [3.63, 3.8) is 0 Å². The van der Waals surface area contributed by atoms with E-state index in [9.17, 15) is 4.79 Å². The van der Waals surface area contributed by atoms with Crippen LogP contribution in [-0.2, 0) is 4.74 Å². The molecule has 2 unspecified atom stereocenters. The summed E-state index contributed by atoms with van der Waals surface area (Å²) in [6.07, 6.45) is 1.91. The van der Waals surface area contributed by atoms with Crippen LogP contribution in [0.15, 0.2) is 12.7 Å². The summed E-state index contributed by atoms with van der Waals surface area (Å²) in [5.74, 6) is 0. The van der Waals surface area contributed by atoms with Gasteiger partial charge in [-0.2, -0.15) is 0 Å². The molecule has 2 amide bonds. The van der Waals surface area contributed by atoms with Gasteiger partial charge in [-0.3, -0.25) is 0 Å². The molecule has 0 bridgehead atoms. The fraction of sp³-hybridized carbons (Fsp3) is 0.700. The fourth-order valence-corrected chi connectivity index (χ4v) is 1.61. The number of hydrogen-bond donors (Lipinski definition) is 1. The molecular formula is C10H18N2O2. The van der Waals surface area contributed by atoms with Crippen LogP contribution in [0.4, 0.5) is 4.79 Å². The third kappa shape index (κ3) is 3.03. The van der Waals surface area contributed by atoms with Crippen LogP contribution >= 0.6 is 0 Å². The Morgan fingerprint density at radius 3 is 2.64 bits per heavy atom. The third-order valence-electron chi connectivity index (χ3n) is 2.10. The minimum Gasteiger partial charge on any atom is -0.372 e. The number of carbonyl (C=O) groups is 1. The number of urea groups is 1. The van der Waals surface area contributed by atoms with Gasteiger partial charge in [-0.25, -0.2) is 4.79 Å². The molecule has 4 heteroatoms. The Hall–Kier alpha value is -1.03. The van der Waals surface area contributed by atoms with E-state index in [2.05, 4.69) is 11.9 Å². The third-order valence-corrected chi connectivity index (χ3v) is 2.10. The molecule has 1 heterocycles. The molecule has 1 fully saturated rings. The number of rotatable bonds is 2. The van der Waals surface area contributed by atoms with Gasteiger partial charge in [0, 0.05) is 19.6 Å². The van der Waals surface area contributed by atoms with Gasteiger partial charge in [0.15, 0.2) is 0 Å². The number of carbonyl (C=O) groups excluding carboxylic acids is 1. The highest BCUT2D eigenvalue weighted by Gasteiger charge is 2.25. The lowest BCUT2D eigenvalue weighted by Gasteiger charge is -2.35. The second-order valence-electron chi connectivity index (χ2n) is 3.64. The number of amides is 2. The summed E-state index contributed by atoms with van der Waals surface area (Å²) >= 11 is 0. The maximum absolute atomic E-state index is 11.6. The van der Waals surface area contributed by atoms with Crippen LogP contribution < -0.4 is 5.32 Å². The standard InChI is InChI=1S/C10H18N2O2/c1-4-5-11-10(13)12-6-8(2)14-9(3)7-12/h4,8-9H,1,5-7H2,2-3H3,(H,11,13). The Labute approximate surface area is 84.9 Å². The number of nitrogens with one attached hydrogen (secondary N) is 1. The van der Waals surface area contributed by atoms with E-state index in [1.165, 1.54) is 0 Å². The van der Waals surface area contributed by atoms with Gasteiger partial charge in [0.1, 0.15) is 0 Å². The van der Waals surface area contributed by atoms with Crippen molar-refractivity contribution in [1.82, 2.24) is 10.2 Å². The zero-order valence-electron chi connectivity index (χ0n) is 8.82. The zero-order chi connectivity index (χ0) is 10.6. The van der Waals surface area contributed by atoms with Crippen molar-refractivity contribution in [1.29, 1.82) is 0 Å². The molecule has 2 atom stereocenters. The van der Waals surface area contributed by atoms with Crippen LogP contribution in [0.5, 0.6) is 0 Å². The second-order valence-corrected chi connectivity index (χ2v) is 3.64. The van der Waals surface area contributed by atoms with Gasteiger partial charge < -0.3 is 15.0 Å². The molecule has 1 rings (SSSR count). The summed E-state index contributed by atoms with van der Waals surface area (Å²) in [5, 5.41) is 2.76. The van der Waals surface area contributed by atoms with Crippen molar-refractivity contribution >= 4 is 6.03 Å². The maximum atomic E-state index is 11.6. The molecule has 1 aliphatic rings. The number of hydrogen-bond acceptors (Lipinski definition) is 2. The Morgan fingerprint density at radius 2 is 2.14 bits per heavy atom. The lowest BCUT2D eigenvalue weighted by molar-refractivity contribution is -0.0544. The highest BCUT2D eigenvalue weighted by Crippen LogP contribution is 2.10. The predicted molar refractivity (Wildman–Crippen MR) is 55.2 cm³/mol. The first-order valence-electron chi connectivity index (χ1n) is 4.92. The molecule has 0 aliphatic carbocycles. The molecule has 0 radical (unpaired) electrons. The number of nitrogens with zero attached hydrogens (tertiary/aromatic N) is 1. The molecular weight excluding hydrogens is 180 g/mol. The minimum atomic E-state index is -0.0353. The minimum absolute atomic E-state index is 0.0353. The van der Waals surface area contributed by atoms with Crippen LogP contribution in [-0.4, -0.2) is 42.8 Å². The highest BCUT2D eigenvalue weighted by atomic mass is 16.5. The van der Waals surface area contributed by atoms with E-state index in [4.69, 9.17) is 4.74 Å². The van der Waals surface area contributed by atoms with Crippen molar-refractivity contribution in [3.8, 4) is 0 Å². The molecule has 80 valence electrons. The van der Waals surface area contributed by atoms with Crippen molar-refractivity contribution < 1.29 is 9.53 Å². The van der Waals surface area contributed by atoms with Gasteiger partial charge in [-0.15, -0.1) is 6.58 Å². The molecule has 0 spiro atoms. The first-order valence-corrected chi connectivity index (χ1v) is 4.92. The highest BCUT2D eigenvalue weighted by molar-refractivity contribution is 5.74. The second kappa shape index (κ2) is 5.00. The Morgan fingerprint density at radius 1 is 1.57 bits per heavy atom. The normalized spacial score (nSPS) is 27.1. The van der Waals surface area contributed by atoms with Gasteiger partial charge >= 0.3 is 6.03 Å². The maximum Gasteiger partial charge on any atom is 0.317 e. The Bertz CT molecular complexity index is 208.